The van der Waals surface area contributed by atoms with Crippen LogP contribution in [0.4, 0.5) is 9.18 Å². The first-order valence-electron chi connectivity index (χ1n) is 10.1. The number of halogens is 1. The van der Waals surface area contributed by atoms with Crippen molar-refractivity contribution >= 4 is 14.4 Å². The number of likely N-dealkylation sites (tertiary alicyclic amines) is 1. The molecule has 0 N–H and O–H groups in total. The van der Waals surface area contributed by atoms with Crippen LogP contribution in [-0.2, 0) is 9.16 Å². The molecule has 2 unspecified atom stereocenters. The first-order valence-corrected chi connectivity index (χ1v) is 13.0. The lowest BCUT2D eigenvalue weighted by Crippen LogP contribution is -2.42. The Balaban J connectivity index is 2.20. The number of amides is 1. The van der Waals surface area contributed by atoms with Gasteiger partial charge in [-0.05, 0) is 56.6 Å². The summed E-state index contributed by atoms with van der Waals surface area (Å²) in [5, 5.41) is 0.116. The van der Waals surface area contributed by atoms with Gasteiger partial charge in [0.25, 0.3) is 0 Å². The van der Waals surface area contributed by atoms with Crippen LogP contribution in [0.3, 0.4) is 0 Å². The van der Waals surface area contributed by atoms with Crippen molar-refractivity contribution in [3.8, 4) is 0 Å². The van der Waals surface area contributed by atoms with Gasteiger partial charge in [-0.15, -0.1) is 0 Å². The summed E-state index contributed by atoms with van der Waals surface area (Å²) in [6, 6.07) is 6.69. The Morgan fingerprint density at radius 1 is 1.18 bits per heavy atom. The van der Waals surface area contributed by atoms with Crippen molar-refractivity contribution in [3.63, 3.8) is 0 Å². The van der Waals surface area contributed by atoms with E-state index in [-0.39, 0.29) is 28.8 Å². The Kier molecular flexibility index (Phi) is 6.66. The smallest absolute Gasteiger partial charge is 0.410 e. The van der Waals surface area contributed by atoms with E-state index in [1.165, 1.54) is 6.07 Å². The van der Waals surface area contributed by atoms with Crippen LogP contribution in [0, 0.1) is 11.7 Å². The van der Waals surface area contributed by atoms with Crippen LogP contribution < -0.4 is 0 Å². The minimum atomic E-state index is -1.91. The molecule has 2 rings (SSSR count). The number of nitrogens with zero attached hydrogens (tertiary/aromatic N) is 1. The quantitative estimate of drug-likeness (QED) is 0.590. The predicted octanol–water partition coefficient (Wildman–Crippen LogP) is 5.80. The van der Waals surface area contributed by atoms with E-state index in [9.17, 15) is 9.18 Å². The van der Waals surface area contributed by atoms with Gasteiger partial charge < -0.3 is 14.1 Å². The first-order chi connectivity index (χ1) is 12.7. The first kappa shape index (κ1) is 22.9. The maximum absolute atomic E-state index is 13.8. The van der Waals surface area contributed by atoms with E-state index in [1.54, 1.807) is 17.0 Å². The second-order valence-electron chi connectivity index (χ2n) is 10.4. The lowest BCUT2D eigenvalue weighted by atomic mass is 9.89. The summed E-state index contributed by atoms with van der Waals surface area (Å²) in [5.74, 6) is -0.103. The highest BCUT2D eigenvalue weighted by Gasteiger charge is 2.42. The van der Waals surface area contributed by atoms with Crippen LogP contribution >= 0.6 is 0 Å². The average Bonchev–Trinajstić information content (AvgIpc) is 2.95. The molecular formula is C22H36FNO3Si. The van der Waals surface area contributed by atoms with E-state index in [0.717, 1.165) is 5.56 Å². The SMILES string of the molecule is CC(C)(C)OC(=O)N1CC(CO[Si](C)(C)C(C)(C)C)C(c2cccc(F)c2)C1. The third-order valence-corrected chi connectivity index (χ3v) is 10.3. The van der Waals surface area contributed by atoms with Crippen molar-refractivity contribution in [2.45, 2.75) is 71.2 Å². The van der Waals surface area contributed by atoms with Gasteiger partial charge in [0, 0.05) is 31.5 Å². The van der Waals surface area contributed by atoms with Gasteiger partial charge in [-0.25, -0.2) is 9.18 Å². The minimum absolute atomic E-state index is 0.0352. The summed E-state index contributed by atoms with van der Waals surface area (Å²) in [4.78, 5) is 14.3. The minimum Gasteiger partial charge on any atom is -0.444 e. The molecular weight excluding hydrogens is 373 g/mol. The molecule has 1 amide bonds. The zero-order valence-corrected chi connectivity index (χ0v) is 19.6. The maximum Gasteiger partial charge on any atom is 0.410 e. The number of benzene rings is 1. The Morgan fingerprint density at radius 2 is 1.82 bits per heavy atom. The van der Waals surface area contributed by atoms with Gasteiger partial charge in [0.2, 0.25) is 0 Å². The zero-order valence-electron chi connectivity index (χ0n) is 18.6. The predicted molar refractivity (Wildman–Crippen MR) is 114 cm³/mol. The van der Waals surface area contributed by atoms with Crippen LogP contribution in [-0.4, -0.2) is 44.6 Å². The van der Waals surface area contributed by atoms with Gasteiger partial charge in [0.05, 0.1) is 0 Å². The van der Waals surface area contributed by atoms with Crippen LogP contribution in [0.15, 0.2) is 24.3 Å². The van der Waals surface area contributed by atoms with E-state index in [1.807, 2.05) is 26.8 Å². The molecule has 0 aliphatic carbocycles. The molecule has 158 valence electrons. The van der Waals surface area contributed by atoms with Gasteiger partial charge >= 0.3 is 6.09 Å². The molecule has 1 heterocycles. The lowest BCUT2D eigenvalue weighted by molar-refractivity contribution is 0.0283. The third kappa shape index (κ3) is 5.80. The molecule has 28 heavy (non-hydrogen) atoms. The molecule has 0 aromatic heterocycles. The molecule has 0 bridgehead atoms. The fraction of sp³-hybridized carbons (Fsp3) is 0.682. The molecule has 1 aromatic rings. The van der Waals surface area contributed by atoms with Gasteiger partial charge in [0.1, 0.15) is 11.4 Å². The van der Waals surface area contributed by atoms with Crippen molar-refractivity contribution in [1.82, 2.24) is 4.90 Å². The monoisotopic (exact) mass is 409 g/mol. The fourth-order valence-electron chi connectivity index (χ4n) is 3.16. The van der Waals surface area contributed by atoms with Crippen LogP contribution in [0.1, 0.15) is 53.0 Å². The lowest BCUT2D eigenvalue weighted by Gasteiger charge is -2.37. The molecule has 1 fully saturated rings. The number of carbonyl (C=O) groups excluding carboxylic acids is 1. The van der Waals surface area contributed by atoms with Gasteiger partial charge in [-0.3, -0.25) is 0 Å². The second-order valence-corrected chi connectivity index (χ2v) is 15.2. The molecule has 0 spiro atoms. The van der Waals surface area contributed by atoms with Crippen molar-refractivity contribution < 1.29 is 18.3 Å². The van der Waals surface area contributed by atoms with Crippen LogP contribution in [0.25, 0.3) is 0 Å². The molecule has 1 aliphatic rings. The van der Waals surface area contributed by atoms with E-state index in [4.69, 9.17) is 9.16 Å². The van der Waals surface area contributed by atoms with Crippen molar-refractivity contribution in [3.05, 3.63) is 35.6 Å². The maximum atomic E-state index is 13.8. The molecule has 6 heteroatoms. The number of carbonyl (C=O) groups is 1. The van der Waals surface area contributed by atoms with Gasteiger partial charge in [-0.1, -0.05) is 32.9 Å². The highest BCUT2D eigenvalue weighted by molar-refractivity contribution is 6.74. The zero-order chi connectivity index (χ0) is 21.3. The highest BCUT2D eigenvalue weighted by Crippen LogP contribution is 2.39. The number of hydrogen-bond acceptors (Lipinski definition) is 3. The van der Waals surface area contributed by atoms with E-state index < -0.39 is 13.9 Å². The number of hydrogen-bond donors (Lipinski definition) is 0. The number of ether oxygens (including phenoxy) is 1. The Labute approximate surface area is 170 Å². The Morgan fingerprint density at radius 3 is 2.36 bits per heavy atom. The Bertz CT molecular complexity index is 694. The molecule has 4 nitrogen and oxygen atoms in total. The summed E-state index contributed by atoms with van der Waals surface area (Å²) in [6.07, 6.45) is -0.316. The molecule has 1 saturated heterocycles. The van der Waals surface area contributed by atoms with Crippen LogP contribution in [0.2, 0.25) is 18.1 Å². The number of rotatable bonds is 4. The molecule has 0 radical (unpaired) electrons. The van der Waals surface area contributed by atoms with Gasteiger partial charge in [0.15, 0.2) is 8.32 Å². The summed E-state index contributed by atoms with van der Waals surface area (Å²) in [7, 11) is -1.91. The van der Waals surface area contributed by atoms with Crippen LogP contribution in [0.5, 0.6) is 0 Å². The van der Waals surface area contributed by atoms with E-state index in [0.29, 0.717) is 19.7 Å². The van der Waals surface area contributed by atoms with Gasteiger partial charge in [-0.2, -0.15) is 0 Å². The topological polar surface area (TPSA) is 38.8 Å². The highest BCUT2D eigenvalue weighted by atomic mass is 28.4. The molecule has 1 aliphatic heterocycles. The summed E-state index contributed by atoms with van der Waals surface area (Å²) in [6.45, 7) is 18.3. The summed E-state index contributed by atoms with van der Waals surface area (Å²) < 4.78 is 25.8. The summed E-state index contributed by atoms with van der Waals surface area (Å²) >= 11 is 0. The second kappa shape index (κ2) is 8.15. The summed E-state index contributed by atoms with van der Waals surface area (Å²) in [5.41, 5.74) is 0.371. The Hall–Kier alpha value is -1.40. The van der Waals surface area contributed by atoms with Crippen molar-refractivity contribution in [2.75, 3.05) is 19.7 Å². The average molecular weight is 410 g/mol. The van der Waals surface area contributed by atoms with Crippen molar-refractivity contribution in [2.24, 2.45) is 5.92 Å². The van der Waals surface area contributed by atoms with E-state index >= 15 is 0 Å². The normalized spacial score (nSPS) is 21.1. The standard InChI is InChI=1S/C22H36FNO3Si/c1-21(2,3)27-20(25)24-13-17(15-26-28(7,8)22(4,5)6)19(14-24)16-10-9-11-18(23)12-16/h9-12,17,19H,13-15H2,1-8H3. The molecule has 0 saturated carbocycles. The molecule has 1 aromatic carbocycles. The largest absolute Gasteiger partial charge is 0.444 e. The van der Waals surface area contributed by atoms with E-state index in [2.05, 4.69) is 33.9 Å². The third-order valence-electron chi connectivity index (χ3n) is 5.83. The molecule has 2 atom stereocenters. The fourth-order valence-corrected chi connectivity index (χ4v) is 4.23. The van der Waals surface area contributed by atoms with Crippen molar-refractivity contribution in [1.29, 1.82) is 0 Å².